The van der Waals surface area contributed by atoms with Crippen LogP contribution in [0.2, 0.25) is 0 Å². The highest BCUT2D eigenvalue weighted by Crippen LogP contribution is 2.37. The van der Waals surface area contributed by atoms with Gasteiger partial charge >= 0.3 is 5.97 Å². The fourth-order valence-corrected chi connectivity index (χ4v) is 3.51. The zero-order valence-electron chi connectivity index (χ0n) is 16.4. The van der Waals surface area contributed by atoms with E-state index in [4.69, 9.17) is 5.73 Å². The molecule has 1 aromatic heterocycles. The van der Waals surface area contributed by atoms with Gasteiger partial charge in [0.2, 0.25) is 0 Å². The first-order chi connectivity index (χ1) is 14.4. The number of rotatable bonds is 7. The molecule has 30 heavy (non-hydrogen) atoms. The molecule has 0 radical (unpaired) electrons. The summed E-state index contributed by atoms with van der Waals surface area (Å²) < 4.78 is 0. The summed E-state index contributed by atoms with van der Waals surface area (Å²) >= 11 is 0. The van der Waals surface area contributed by atoms with Crippen LogP contribution in [0, 0.1) is 5.41 Å². The molecule has 156 valence electrons. The van der Waals surface area contributed by atoms with E-state index >= 15 is 0 Å². The van der Waals surface area contributed by atoms with E-state index in [1.54, 1.807) is 6.21 Å². The molecule has 1 aliphatic rings. The summed E-state index contributed by atoms with van der Waals surface area (Å²) in [6, 6.07) is 10.7. The first kappa shape index (κ1) is 21.0. The highest BCUT2D eigenvalue weighted by atomic mass is 16.4. The highest BCUT2D eigenvalue weighted by molar-refractivity contribution is 6.10. The second-order valence-corrected chi connectivity index (χ2v) is 7.28. The van der Waals surface area contributed by atoms with Gasteiger partial charge in [-0.15, -0.1) is 0 Å². The predicted octanol–water partition coefficient (Wildman–Crippen LogP) is 2.86. The summed E-state index contributed by atoms with van der Waals surface area (Å²) in [7, 11) is 0. The molecule has 0 bridgehead atoms. The number of aromatic hydroxyl groups is 1. The second-order valence-electron chi connectivity index (χ2n) is 7.28. The quantitative estimate of drug-likeness (QED) is 0.520. The SMILES string of the molecule is N/C=C(\C=Nc1ccccc1)c1cnc(C(=O)NCC2(C(=O)O)CCCC2)c(O)c1. The Morgan fingerprint density at radius 2 is 1.93 bits per heavy atom. The minimum Gasteiger partial charge on any atom is -0.505 e. The van der Waals surface area contributed by atoms with Crippen molar-refractivity contribution in [1.29, 1.82) is 0 Å². The van der Waals surface area contributed by atoms with Gasteiger partial charge in [0, 0.05) is 36.3 Å². The maximum Gasteiger partial charge on any atom is 0.311 e. The molecule has 8 heteroatoms. The first-order valence-corrected chi connectivity index (χ1v) is 9.67. The lowest BCUT2D eigenvalue weighted by Crippen LogP contribution is -2.41. The number of carbonyl (C=O) groups excluding carboxylic acids is 1. The molecule has 1 heterocycles. The Morgan fingerprint density at radius 3 is 2.53 bits per heavy atom. The number of hydrogen-bond donors (Lipinski definition) is 4. The normalized spacial score (nSPS) is 15.9. The third kappa shape index (κ3) is 4.65. The van der Waals surface area contributed by atoms with Crippen LogP contribution in [0.25, 0.3) is 5.57 Å². The number of carboxylic acid groups (broad SMARTS) is 1. The number of allylic oxidation sites excluding steroid dienone is 1. The summed E-state index contributed by atoms with van der Waals surface area (Å²) in [5, 5.41) is 22.4. The Hall–Kier alpha value is -3.68. The standard InChI is InChI=1S/C22H24N4O4/c23-11-16(13-24-17-6-2-1-3-7-17)15-10-18(27)19(25-12-15)20(28)26-14-22(21(29)30)8-4-5-9-22/h1-3,6-7,10-13,27H,4-5,8-9,14,23H2,(H,26,28)(H,29,30)/b16-11+,24-13?. The largest absolute Gasteiger partial charge is 0.505 e. The number of nitrogens with zero attached hydrogens (tertiary/aromatic N) is 2. The Morgan fingerprint density at radius 1 is 1.23 bits per heavy atom. The van der Waals surface area contributed by atoms with Crippen molar-refractivity contribution in [3.63, 3.8) is 0 Å². The zero-order valence-corrected chi connectivity index (χ0v) is 16.4. The number of aliphatic carboxylic acids is 1. The molecule has 0 unspecified atom stereocenters. The van der Waals surface area contributed by atoms with E-state index in [-0.39, 0.29) is 18.0 Å². The number of carbonyl (C=O) groups is 2. The topological polar surface area (TPSA) is 138 Å². The van der Waals surface area contributed by atoms with E-state index in [1.165, 1.54) is 18.5 Å². The van der Waals surface area contributed by atoms with E-state index in [0.29, 0.717) is 24.0 Å². The minimum atomic E-state index is -0.950. The van der Waals surface area contributed by atoms with E-state index in [0.717, 1.165) is 18.5 Å². The van der Waals surface area contributed by atoms with Gasteiger partial charge in [0.15, 0.2) is 5.69 Å². The molecule has 2 aromatic rings. The van der Waals surface area contributed by atoms with Crippen LogP contribution in [0.4, 0.5) is 5.69 Å². The molecular weight excluding hydrogens is 384 g/mol. The Labute approximate surface area is 174 Å². The number of aromatic nitrogens is 1. The molecule has 8 nitrogen and oxygen atoms in total. The lowest BCUT2D eigenvalue weighted by Gasteiger charge is -2.23. The average molecular weight is 408 g/mol. The van der Waals surface area contributed by atoms with Crippen molar-refractivity contribution >= 4 is 29.4 Å². The van der Waals surface area contributed by atoms with Gasteiger partial charge < -0.3 is 21.3 Å². The average Bonchev–Trinajstić information content (AvgIpc) is 3.24. The minimum absolute atomic E-state index is 0.00171. The first-order valence-electron chi connectivity index (χ1n) is 9.67. The van der Waals surface area contributed by atoms with Crippen LogP contribution in [0.3, 0.4) is 0 Å². The number of nitrogens with one attached hydrogen (secondary N) is 1. The van der Waals surface area contributed by atoms with Crippen LogP contribution in [-0.4, -0.2) is 39.8 Å². The van der Waals surface area contributed by atoms with E-state index in [2.05, 4.69) is 15.3 Å². The monoisotopic (exact) mass is 408 g/mol. The van der Waals surface area contributed by atoms with Gasteiger partial charge in [-0.05, 0) is 31.0 Å². The molecule has 1 saturated carbocycles. The van der Waals surface area contributed by atoms with Crippen molar-refractivity contribution in [2.75, 3.05) is 6.54 Å². The summed E-state index contributed by atoms with van der Waals surface area (Å²) in [6.45, 7) is 0.00171. The van der Waals surface area contributed by atoms with Crippen LogP contribution >= 0.6 is 0 Å². The Bertz CT molecular complexity index is 980. The van der Waals surface area contributed by atoms with Gasteiger partial charge in [-0.1, -0.05) is 31.0 Å². The summed E-state index contributed by atoms with van der Waals surface area (Å²) in [5.41, 5.74) is 6.31. The summed E-state index contributed by atoms with van der Waals surface area (Å²) in [4.78, 5) is 32.4. The van der Waals surface area contributed by atoms with Crippen molar-refractivity contribution in [2.45, 2.75) is 25.7 Å². The molecule has 0 aliphatic heterocycles. The number of pyridine rings is 1. The summed E-state index contributed by atoms with van der Waals surface area (Å²) in [6.07, 6.45) is 6.96. The Kier molecular flexibility index (Phi) is 6.46. The van der Waals surface area contributed by atoms with Crippen LogP contribution < -0.4 is 11.1 Å². The molecule has 0 saturated heterocycles. The second kappa shape index (κ2) is 9.21. The zero-order chi connectivity index (χ0) is 21.6. The molecule has 0 atom stereocenters. The third-order valence-electron chi connectivity index (χ3n) is 5.31. The van der Waals surface area contributed by atoms with Gasteiger partial charge in [-0.2, -0.15) is 0 Å². The number of para-hydroxylation sites is 1. The molecule has 3 rings (SSSR count). The fraction of sp³-hybridized carbons (Fsp3) is 0.273. The number of hydrogen-bond acceptors (Lipinski definition) is 6. The molecule has 1 fully saturated rings. The van der Waals surface area contributed by atoms with Crippen LogP contribution in [-0.2, 0) is 4.79 Å². The Balaban J connectivity index is 1.71. The van der Waals surface area contributed by atoms with Crippen molar-refractivity contribution in [1.82, 2.24) is 10.3 Å². The van der Waals surface area contributed by atoms with Crippen molar-refractivity contribution in [3.05, 3.63) is 60.1 Å². The third-order valence-corrected chi connectivity index (χ3v) is 5.31. The highest BCUT2D eigenvalue weighted by Gasteiger charge is 2.41. The molecule has 1 aliphatic carbocycles. The van der Waals surface area contributed by atoms with Gasteiger partial charge in [0.05, 0.1) is 11.1 Å². The van der Waals surface area contributed by atoms with Gasteiger partial charge in [-0.25, -0.2) is 4.98 Å². The van der Waals surface area contributed by atoms with E-state index in [1.807, 2.05) is 30.3 Å². The smallest absolute Gasteiger partial charge is 0.311 e. The van der Waals surface area contributed by atoms with Gasteiger partial charge in [0.25, 0.3) is 5.91 Å². The van der Waals surface area contributed by atoms with E-state index < -0.39 is 17.3 Å². The summed E-state index contributed by atoms with van der Waals surface area (Å²) in [5.74, 6) is -1.86. The van der Waals surface area contributed by atoms with Gasteiger partial charge in [-0.3, -0.25) is 14.6 Å². The number of carboxylic acids is 1. The van der Waals surface area contributed by atoms with Crippen molar-refractivity contribution in [3.8, 4) is 5.75 Å². The van der Waals surface area contributed by atoms with Gasteiger partial charge in [0.1, 0.15) is 5.75 Å². The number of benzene rings is 1. The van der Waals surface area contributed by atoms with Crippen molar-refractivity contribution < 1.29 is 19.8 Å². The molecule has 1 aromatic carbocycles. The number of nitrogens with two attached hydrogens (primary N) is 1. The molecule has 1 amide bonds. The molecular formula is C22H24N4O4. The van der Waals surface area contributed by atoms with Crippen LogP contribution in [0.5, 0.6) is 5.75 Å². The predicted molar refractivity (Wildman–Crippen MR) is 114 cm³/mol. The lowest BCUT2D eigenvalue weighted by molar-refractivity contribution is -0.148. The molecule has 5 N–H and O–H groups in total. The van der Waals surface area contributed by atoms with Crippen LogP contribution in [0.1, 0.15) is 41.7 Å². The fourth-order valence-electron chi connectivity index (χ4n) is 3.51. The maximum absolute atomic E-state index is 12.5. The van der Waals surface area contributed by atoms with E-state index in [9.17, 15) is 19.8 Å². The lowest BCUT2D eigenvalue weighted by atomic mass is 9.86. The maximum atomic E-state index is 12.5. The number of amides is 1. The number of aliphatic imine (C=N–C) groups is 1. The van der Waals surface area contributed by atoms with Crippen molar-refractivity contribution in [2.24, 2.45) is 16.1 Å². The van der Waals surface area contributed by atoms with Crippen LogP contribution in [0.15, 0.2) is 53.8 Å². The molecule has 0 spiro atoms.